The van der Waals surface area contributed by atoms with Gasteiger partial charge in [0.25, 0.3) is 0 Å². The van der Waals surface area contributed by atoms with E-state index in [0.29, 0.717) is 5.92 Å². The van der Waals surface area contributed by atoms with Crippen LogP contribution in [0.4, 0.5) is 0 Å². The minimum Gasteiger partial charge on any atom is -0.383 e. The number of nitrogens with zero attached hydrogens (tertiary/aromatic N) is 3. The van der Waals surface area contributed by atoms with Gasteiger partial charge in [0, 0.05) is 33.3 Å². The van der Waals surface area contributed by atoms with E-state index in [1.807, 2.05) is 0 Å². The summed E-state index contributed by atoms with van der Waals surface area (Å²) in [5.74, 6) is 0.647. The van der Waals surface area contributed by atoms with Gasteiger partial charge in [-0.25, -0.2) is 0 Å². The van der Waals surface area contributed by atoms with Crippen molar-refractivity contribution in [2.75, 3.05) is 26.8 Å². The Morgan fingerprint density at radius 1 is 1.35 bits per heavy atom. The van der Waals surface area contributed by atoms with Crippen molar-refractivity contribution in [3.05, 3.63) is 15.9 Å². The molecule has 0 spiro atoms. The second-order valence-corrected chi connectivity index (χ2v) is 6.29. The number of methoxy groups -OCH3 is 1. The van der Waals surface area contributed by atoms with Crippen LogP contribution in [-0.4, -0.2) is 41.5 Å². The minimum atomic E-state index is 0.647. The fraction of sp³-hybridized carbons (Fsp3) is 0.800. The molecular formula is C15H28BrN3O. The molecule has 0 atom stereocenters. The normalized spacial score (nSPS) is 11.8. The summed E-state index contributed by atoms with van der Waals surface area (Å²) in [7, 11) is 1.76. The first-order valence-corrected chi connectivity index (χ1v) is 8.28. The van der Waals surface area contributed by atoms with Gasteiger partial charge in [0.15, 0.2) is 0 Å². The molecule has 1 aromatic rings. The van der Waals surface area contributed by atoms with Gasteiger partial charge in [-0.1, -0.05) is 20.8 Å². The number of aryl methyl sites for hydroxylation is 2. The van der Waals surface area contributed by atoms with Crippen molar-refractivity contribution in [2.45, 2.75) is 47.2 Å². The Hall–Kier alpha value is -0.390. The average Bonchev–Trinajstić information content (AvgIpc) is 2.72. The summed E-state index contributed by atoms with van der Waals surface area (Å²) in [4.78, 5) is 2.45. The molecule has 0 aromatic carbocycles. The van der Waals surface area contributed by atoms with Gasteiger partial charge in [0.05, 0.1) is 22.5 Å². The zero-order valence-corrected chi connectivity index (χ0v) is 15.0. The third-order valence-electron chi connectivity index (χ3n) is 3.30. The Labute approximate surface area is 131 Å². The molecule has 20 heavy (non-hydrogen) atoms. The first-order chi connectivity index (χ1) is 9.53. The summed E-state index contributed by atoms with van der Waals surface area (Å²) in [6.45, 7) is 13.4. The predicted octanol–water partition coefficient (Wildman–Crippen LogP) is 3.33. The quantitative estimate of drug-likeness (QED) is 0.687. The number of aromatic nitrogens is 2. The van der Waals surface area contributed by atoms with Crippen LogP contribution < -0.4 is 0 Å². The van der Waals surface area contributed by atoms with Gasteiger partial charge in [0.2, 0.25) is 0 Å². The standard InChI is InChI=1S/C15H28BrN3O/c1-6-13-15(16)14(19(7-2)17-13)11-18(8-9-20-5)10-12(3)4/h12H,6-11H2,1-5H3. The number of hydrogen-bond acceptors (Lipinski definition) is 3. The summed E-state index contributed by atoms with van der Waals surface area (Å²) in [6.07, 6.45) is 0.961. The van der Waals surface area contributed by atoms with Crippen molar-refractivity contribution in [3.63, 3.8) is 0 Å². The molecule has 0 unspecified atom stereocenters. The van der Waals surface area contributed by atoms with Crippen LogP contribution in [0, 0.1) is 5.92 Å². The highest BCUT2D eigenvalue weighted by Gasteiger charge is 2.17. The van der Waals surface area contributed by atoms with Gasteiger partial charge in [-0.15, -0.1) is 0 Å². The van der Waals surface area contributed by atoms with Crippen LogP contribution in [0.3, 0.4) is 0 Å². The summed E-state index contributed by atoms with van der Waals surface area (Å²) in [6, 6.07) is 0. The molecule has 0 saturated heterocycles. The summed E-state index contributed by atoms with van der Waals surface area (Å²) < 4.78 is 8.52. The molecular weight excluding hydrogens is 318 g/mol. The number of hydrogen-bond donors (Lipinski definition) is 0. The Balaban J connectivity index is 2.88. The maximum absolute atomic E-state index is 5.23. The van der Waals surface area contributed by atoms with Crippen molar-refractivity contribution in [1.82, 2.24) is 14.7 Å². The molecule has 0 radical (unpaired) electrons. The second kappa shape index (κ2) is 8.80. The molecule has 0 saturated carbocycles. The molecule has 0 fully saturated rings. The molecule has 1 aromatic heterocycles. The van der Waals surface area contributed by atoms with Crippen molar-refractivity contribution < 1.29 is 4.74 Å². The summed E-state index contributed by atoms with van der Waals surface area (Å²) >= 11 is 3.72. The summed E-state index contributed by atoms with van der Waals surface area (Å²) in [5.41, 5.74) is 2.43. The summed E-state index contributed by atoms with van der Waals surface area (Å²) in [5, 5.41) is 4.67. The number of ether oxygens (including phenoxy) is 1. The van der Waals surface area contributed by atoms with Crippen LogP contribution in [0.2, 0.25) is 0 Å². The Morgan fingerprint density at radius 2 is 2.05 bits per heavy atom. The van der Waals surface area contributed by atoms with Gasteiger partial charge in [-0.2, -0.15) is 5.10 Å². The molecule has 1 rings (SSSR count). The highest BCUT2D eigenvalue weighted by atomic mass is 79.9. The van der Waals surface area contributed by atoms with Crippen molar-refractivity contribution in [1.29, 1.82) is 0 Å². The maximum Gasteiger partial charge on any atom is 0.0767 e. The Bertz CT molecular complexity index is 404. The molecule has 0 amide bonds. The predicted molar refractivity (Wildman–Crippen MR) is 87.0 cm³/mol. The molecule has 116 valence electrons. The topological polar surface area (TPSA) is 30.3 Å². The molecule has 0 aliphatic heterocycles. The number of rotatable bonds is 9. The fourth-order valence-corrected chi connectivity index (χ4v) is 3.04. The Kier molecular flexibility index (Phi) is 7.77. The van der Waals surface area contributed by atoms with Crippen LogP contribution >= 0.6 is 15.9 Å². The molecule has 0 bridgehead atoms. The average molecular weight is 346 g/mol. The van der Waals surface area contributed by atoms with Crippen LogP contribution in [0.5, 0.6) is 0 Å². The van der Waals surface area contributed by atoms with E-state index < -0.39 is 0 Å². The zero-order valence-electron chi connectivity index (χ0n) is 13.4. The third kappa shape index (κ3) is 4.86. The lowest BCUT2D eigenvalue weighted by Gasteiger charge is -2.24. The van der Waals surface area contributed by atoms with Crippen molar-refractivity contribution in [2.24, 2.45) is 5.92 Å². The molecule has 4 nitrogen and oxygen atoms in total. The molecule has 1 heterocycles. The Morgan fingerprint density at radius 3 is 2.55 bits per heavy atom. The minimum absolute atomic E-state index is 0.647. The molecule has 0 aliphatic rings. The lowest BCUT2D eigenvalue weighted by molar-refractivity contribution is 0.134. The largest absolute Gasteiger partial charge is 0.383 e. The van der Waals surface area contributed by atoms with Crippen LogP contribution in [0.1, 0.15) is 39.1 Å². The van der Waals surface area contributed by atoms with Gasteiger partial charge >= 0.3 is 0 Å². The second-order valence-electron chi connectivity index (χ2n) is 5.50. The molecule has 5 heteroatoms. The molecule has 0 N–H and O–H groups in total. The van der Waals surface area contributed by atoms with Gasteiger partial charge < -0.3 is 4.74 Å². The van der Waals surface area contributed by atoms with E-state index in [2.05, 4.69) is 58.3 Å². The van der Waals surface area contributed by atoms with Crippen LogP contribution in [0.25, 0.3) is 0 Å². The van der Waals surface area contributed by atoms with E-state index in [-0.39, 0.29) is 0 Å². The van der Waals surface area contributed by atoms with E-state index in [0.717, 1.165) is 44.9 Å². The highest BCUT2D eigenvalue weighted by molar-refractivity contribution is 9.10. The lowest BCUT2D eigenvalue weighted by Crippen LogP contribution is -2.31. The third-order valence-corrected chi connectivity index (χ3v) is 4.22. The highest BCUT2D eigenvalue weighted by Crippen LogP contribution is 2.24. The van der Waals surface area contributed by atoms with Crippen molar-refractivity contribution in [3.8, 4) is 0 Å². The first-order valence-electron chi connectivity index (χ1n) is 7.48. The van der Waals surface area contributed by atoms with E-state index >= 15 is 0 Å². The van der Waals surface area contributed by atoms with Gasteiger partial charge in [-0.05, 0) is 35.2 Å². The van der Waals surface area contributed by atoms with Crippen molar-refractivity contribution >= 4 is 15.9 Å². The first kappa shape index (κ1) is 17.7. The van der Waals surface area contributed by atoms with E-state index in [1.165, 1.54) is 10.2 Å². The van der Waals surface area contributed by atoms with Crippen LogP contribution in [0.15, 0.2) is 4.47 Å². The van der Waals surface area contributed by atoms with E-state index in [9.17, 15) is 0 Å². The van der Waals surface area contributed by atoms with Crippen LogP contribution in [-0.2, 0) is 24.2 Å². The maximum atomic E-state index is 5.23. The SMILES string of the molecule is CCc1nn(CC)c(CN(CCOC)CC(C)C)c1Br. The van der Waals surface area contributed by atoms with Gasteiger partial charge in [0.1, 0.15) is 0 Å². The zero-order chi connectivity index (χ0) is 15.1. The molecule has 0 aliphatic carbocycles. The smallest absolute Gasteiger partial charge is 0.0767 e. The van der Waals surface area contributed by atoms with E-state index in [1.54, 1.807) is 7.11 Å². The monoisotopic (exact) mass is 345 g/mol. The van der Waals surface area contributed by atoms with E-state index in [4.69, 9.17) is 4.74 Å². The fourth-order valence-electron chi connectivity index (χ4n) is 2.35. The number of halogens is 1. The lowest BCUT2D eigenvalue weighted by atomic mass is 10.2. The van der Waals surface area contributed by atoms with Gasteiger partial charge in [-0.3, -0.25) is 9.58 Å².